The summed E-state index contributed by atoms with van der Waals surface area (Å²) >= 11 is 0. The third-order valence-electron chi connectivity index (χ3n) is 7.02. The molecule has 32 heavy (non-hydrogen) atoms. The van der Waals surface area contributed by atoms with Crippen molar-refractivity contribution in [2.75, 3.05) is 37.0 Å². The molecule has 2 aliphatic rings. The van der Waals surface area contributed by atoms with Gasteiger partial charge in [0, 0.05) is 45.0 Å². The van der Waals surface area contributed by atoms with E-state index in [0.29, 0.717) is 5.92 Å². The van der Waals surface area contributed by atoms with Crippen molar-refractivity contribution < 1.29 is 4.79 Å². The van der Waals surface area contributed by atoms with Gasteiger partial charge in [-0.25, -0.2) is 0 Å². The minimum absolute atomic E-state index is 0.156. The summed E-state index contributed by atoms with van der Waals surface area (Å²) in [6.45, 7) is 2.51. The van der Waals surface area contributed by atoms with E-state index in [9.17, 15) is 4.79 Å². The van der Waals surface area contributed by atoms with Crippen molar-refractivity contribution in [3.8, 4) is 0 Å². The number of piperidine rings is 1. The summed E-state index contributed by atoms with van der Waals surface area (Å²) in [4.78, 5) is 19.9. The summed E-state index contributed by atoms with van der Waals surface area (Å²) in [5.74, 6) is 0.815. The number of likely N-dealkylation sites (tertiary alicyclic amines) is 1. The molecule has 4 heteroatoms. The molecule has 5 rings (SSSR count). The molecular weight excluding hydrogens is 394 g/mol. The number of hydrogen-bond donors (Lipinski definition) is 0. The van der Waals surface area contributed by atoms with Crippen molar-refractivity contribution in [1.29, 1.82) is 0 Å². The molecule has 164 valence electrons. The van der Waals surface area contributed by atoms with Crippen LogP contribution in [0.3, 0.4) is 0 Å². The summed E-state index contributed by atoms with van der Waals surface area (Å²) < 4.78 is 0. The molecule has 1 amide bonds. The van der Waals surface area contributed by atoms with E-state index in [0.717, 1.165) is 55.8 Å². The molecule has 3 aromatic carbocycles. The Hall–Kier alpha value is -3.27. The zero-order chi connectivity index (χ0) is 22.1. The molecule has 1 fully saturated rings. The van der Waals surface area contributed by atoms with Crippen LogP contribution in [0.1, 0.15) is 34.3 Å². The second kappa shape index (κ2) is 8.70. The van der Waals surface area contributed by atoms with Gasteiger partial charge in [-0.3, -0.25) is 4.79 Å². The molecule has 0 aromatic heterocycles. The minimum Gasteiger partial charge on any atom is -0.368 e. The topological polar surface area (TPSA) is 26.8 Å². The lowest BCUT2D eigenvalue weighted by molar-refractivity contribution is 0.0690. The van der Waals surface area contributed by atoms with Gasteiger partial charge in [-0.05, 0) is 60.6 Å². The highest BCUT2D eigenvalue weighted by Crippen LogP contribution is 2.39. The van der Waals surface area contributed by atoms with Gasteiger partial charge in [0.1, 0.15) is 0 Å². The van der Waals surface area contributed by atoms with Crippen LogP contribution in [0.5, 0.6) is 0 Å². The van der Waals surface area contributed by atoms with E-state index < -0.39 is 0 Å². The number of fused-ring (bicyclic) bond motifs is 2. The maximum absolute atomic E-state index is 13.3. The Kier molecular flexibility index (Phi) is 5.60. The molecule has 0 spiro atoms. The first kappa shape index (κ1) is 20.6. The average Bonchev–Trinajstić information content (AvgIpc) is 2.94. The highest BCUT2D eigenvalue weighted by atomic mass is 16.2. The monoisotopic (exact) mass is 425 g/mol. The smallest absolute Gasteiger partial charge is 0.253 e. The van der Waals surface area contributed by atoms with Gasteiger partial charge in [-0.1, -0.05) is 48.5 Å². The lowest BCUT2D eigenvalue weighted by Crippen LogP contribution is -2.39. The molecule has 1 saturated heterocycles. The predicted molar refractivity (Wildman–Crippen MR) is 132 cm³/mol. The number of carbonyl (C=O) groups excluding carboxylic acids is 1. The molecule has 0 radical (unpaired) electrons. The molecule has 0 saturated carbocycles. The minimum atomic E-state index is 0.156. The predicted octanol–water partition coefficient (Wildman–Crippen LogP) is 5.50. The van der Waals surface area contributed by atoms with E-state index in [1.165, 1.54) is 16.8 Å². The average molecular weight is 426 g/mol. The number of rotatable bonds is 3. The van der Waals surface area contributed by atoms with Gasteiger partial charge in [0.05, 0.1) is 11.4 Å². The van der Waals surface area contributed by atoms with Crippen LogP contribution in [0.2, 0.25) is 0 Å². The number of carbonyl (C=O) groups is 1. The third kappa shape index (κ3) is 3.97. The van der Waals surface area contributed by atoms with Crippen LogP contribution in [0.25, 0.3) is 0 Å². The molecule has 0 aliphatic carbocycles. The normalized spacial score (nSPS) is 16.4. The van der Waals surface area contributed by atoms with E-state index in [-0.39, 0.29) is 5.91 Å². The number of nitrogens with zero attached hydrogens (tertiary/aromatic N) is 3. The fraction of sp³-hybridized carbons (Fsp3) is 0.321. The van der Waals surface area contributed by atoms with Crippen molar-refractivity contribution in [2.24, 2.45) is 5.92 Å². The SMILES string of the molecule is CN1Cc2ccccc2N(C)c2ccc(C(=O)N3CCC(Cc4ccccc4)CC3)cc21. The van der Waals surface area contributed by atoms with E-state index >= 15 is 0 Å². The number of para-hydroxylation sites is 1. The van der Waals surface area contributed by atoms with Gasteiger partial charge in [0.25, 0.3) is 5.91 Å². The molecular formula is C28H31N3O. The number of hydrogen-bond acceptors (Lipinski definition) is 3. The van der Waals surface area contributed by atoms with Crippen molar-refractivity contribution in [3.63, 3.8) is 0 Å². The van der Waals surface area contributed by atoms with E-state index in [1.54, 1.807) is 0 Å². The van der Waals surface area contributed by atoms with Gasteiger partial charge in [0.15, 0.2) is 0 Å². The van der Waals surface area contributed by atoms with Crippen molar-refractivity contribution in [2.45, 2.75) is 25.8 Å². The number of anilines is 3. The molecule has 0 atom stereocenters. The Morgan fingerprint density at radius 1 is 0.844 bits per heavy atom. The Balaban J connectivity index is 1.30. The van der Waals surface area contributed by atoms with Crippen LogP contribution in [0, 0.1) is 5.92 Å². The highest BCUT2D eigenvalue weighted by molar-refractivity contribution is 5.97. The Morgan fingerprint density at radius 3 is 2.34 bits per heavy atom. The summed E-state index contributed by atoms with van der Waals surface area (Å²) in [7, 11) is 4.22. The van der Waals surface area contributed by atoms with Gasteiger partial charge in [-0.15, -0.1) is 0 Å². The molecule has 0 N–H and O–H groups in total. The fourth-order valence-electron chi connectivity index (χ4n) is 5.16. The Morgan fingerprint density at radius 2 is 1.56 bits per heavy atom. The van der Waals surface area contributed by atoms with Crippen LogP contribution in [0.15, 0.2) is 72.8 Å². The first-order chi connectivity index (χ1) is 15.6. The third-order valence-corrected chi connectivity index (χ3v) is 7.02. The van der Waals surface area contributed by atoms with E-state index in [2.05, 4.69) is 90.6 Å². The van der Waals surface area contributed by atoms with Crippen molar-refractivity contribution in [3.05, 3.63) is 89.5 Å². The number of benzene rings is 3. The second-order valence-electron chi connectivity index (χ2n) is 9.17. The first-order valence-corrected chi connectivity index (χ1v) is 11.6. The van der Waals surface area contributed by atoms with Crippen molar-refractivity contribution >= 4 is 23.0 Å². The Labute approximate surface area is 191 Å². The first-order valence-electron chi connectivity index (χ1n) is 11.6. The molecule has 3 aromatic rings. The highest BCUT2D eigenvalue weighted by Gasteiger charge is 2.26. The summed E-state index contributed by atoms with van der Waals surface area (Å²) in [6, 6.07) is 25.4. The lowest BCUT2D eigenvalue weighted by atomic mass is 9.90. The molecule has 2 heterocycles. The molecule has 0 unspecified atom stereocenters. The summed E-state index contributed by atoms with van der Waals surface area (Å²) in [5.41, 5.74) is 6.94. The standard InChI is InChI=1S/C28H31N3O/c1-29-20-24-10-6-7-11-25(24)30(2)26-13-12-23(19-27(26)29)28(32)31-16-14-22(15-17-31)18-21-8-4-3-5-9-21/h3-13,19,22H,14-18,20H2,1-2H3. The van der Waals surface area contributed by atoms with Crippen LogP contribution in [-0.2, 0) is 13.0 Å². The quantitative estimate of drug-likeness (QED) is 0.554. The zero-order valence-corrected chi connectivity index (χ0v) is 19.0. The van der Waals surface area contributed by atoms with Crippen LogP contribution < -0.4 is 9.80 Å². The lowest BCUT2D eigenvalue weighted by Gasteiger charge is -2.32. The molecule has 0 bridgehead atoms. The van der Waals surface area contributed by atoms with Gasteiger partial charge in [-0.2, -0.15) is 0 Å². The fourth-order valence-corrected chi connectivity index (χ4v) is 5.16. The largest absolute Gasteiger partial charge is 0.368 e. The van der Waals surface area contributed by atoms with Gasteiger partial charge in [0.2, 0.25) is 0 Å². The second-order valence-corrected chi connectivity index (χ2v) is 9.17. The summed E-state index contributed by atoms with van der Waals surface area (Å²) in [5, 5.41) is 0. The Bertz CT molecular complexity index is 1100. The van der Waals surface area contributed by atoms with E-state index in [4.69, 9.17) is 0 Å². The maximum atomic E-state index is 13.3. The number of amides is 1. The molecule has 2 aliphatic heterocycles. The van der Waals surface area contributed by atoms with Crippen LogP contribution >= 0.6 is 0 Å². The summed E-state index contributed by atoms with van der Waals surface area (Å²) in [6.07, 6.45) is 3.26. The van der Waals surface area contributed by atoms with Gasteiger partial charge < -0.3 is 14.7 Å². The zero-order valence-electron chi connectivity index (χ0n) is 19.0. The maximum Gasteiger partial charge on any atom is 0.253 e. The van der Waals surface area contributed by atoms with Crippen LogP contribution in [-0.4, -0.2) is 38.0 Å². The molecule has 4 nitrogen and oxygen atoms in total. The van der Waals surface area contributed by atoms with Crippen LogP contribution in [0.4, 0.5) is 17.1 Å². The van der Waals surface area contributed by atoms with Gasteiger partial charge >= 0.3 is 0 Å². The van der Waals surface area contributed by atoms with E-state index in [1.807, 2.05) is 11.0 Å². The van der Waals surface area contributed by atoms with Crippen molar-refractivity contribution in [1.82, 2.24) is 4.90 Å².